The second-order valence-corrected chi connectivity index (χ2v) is 6.99. The van der Waals surface area contributed by atoms with Crippen molar-refractivity contribution in [3.63, 3.8) is 0 Å². The van der Waals surface area contributed by atoms with Gasteiger partial charge in [-0.25, -0.2) is 4.98 Å². The molecule has 3 aromatic rings. The highest BCUT2D eigenvalue weighted by molar-refractivity contribution is 7.99. The average molecular weight is 432 g/mol. The minimum atomic E-state index is -4.46. The number of carbonyl (C=O) groups is 2. The summed E-state index contributed by atoms with van der Waals surface area (Å²) < 4.78 is 42.7. The van der Waals surface area contributed by atoms with Gasteiger partial charge in [0.15, 0.2) is 0 Å². The molecule has 154 valence electrons. The highest BCUT2D eigenvalue weighted by atomic mass is 32.2. The summed E-state index contributed by atoms with van der Waals surface area (Å²) in [7, 11) is 0. The lowest BCUT2D eigenvalue weighted by atomic mass is 10.2. The molecule has 3 rings (SSSR count). The third-order valence-electron chi connectivity index (χ3n) is 3.78. The summed E-state index contributed by atoms with van der Waals surface area (Å²) in [4.78, 5) is 27.7. The molecule has 1 aromatic heterocycles. The standard InChI is InChI=1S/C21H15F3N2O3S/c22-21(23,24)15-6-11-18(25-12-15)30-13-19(27)29-17-9-7-16(8-10-17)26-20(28)14-4-2-1-3-5-14/h1-12H,13H2,(H,26,28). The molecule has 2 aromatic carbocycles. The SMILES string of the molecule is O=C(CSc1ccc(C(F)(F)F)cn1)Oc1ccc(NC(=O)c2ccccc2)cc1. The summed E-state index contributed by atoms with van der Waals surface area (Å²) in [5.41, 5.74) is 0.197. The molecule has 0 unspecified atom stereocenters. The molecule has 9 heteroatoms. The number of ether oxygens (including phenoxy) is 1. The van der Waals surface area contributed by atoms with Crippen LogP contribution in [0.5, 0.6) is 5.75 Å². The van der Waals surface area contributed by atoms with Gasteiger partial charge < -0.3 is 10.1 Å². The number of anilines is 1. The van der Waals surface area contributed by atoms with E-state index in [4.69, 9.17) is 4.74 Å². The van der Waals surface area contributed by atoms with Gasteiger partial charge in [0.1, 0.15) is 5.75 Å². The van der Waals surface area contributed by atoms with Crippen molar-refractivity contribution in [3.8, 4) is 5.75 Å². The maximum Gasteiger partial charge on any atom is 0.417 e. The van der Waals surface area contributed by atoms with E-state index in [-0.39, 0.29) is 22.4 Å². The molecule has 5 nitrogen and oxygen atoms in total. The highest BCUT2D eigenvalue weighted by Gasteiger charge is 2.30. The summed E-state index contributed by atoms with van der Waals surface area (Å²) >= 11 is 0.966. The van der Waals surface area contributed by atoms with Crippen molar-refractivity contribution in [2.45, 2.75) is 11.2 Å². The third-order valence-corrected chi connectivity index (χ3v) is 4.70. The molecular formula is C21H15F3N2O3S. The molecule has 0 saturated carbocycles. The minimum absolute atomic E-state index is 0.120. The second-order valence-electron chi connectivity index (χ2n) is 5.99. The third kappa shape index (κ3) is 6.08. The van der Waals surface area contributed by atoms with Gasteiger partial charge in [0.2, 0.25) is 0 Å². The maximum atomic E-state index is 12.5. The first kappa shape index (κ1) is 21.4. The van der Waals surface area contributed by atoms with E-state index in [0.29, 0.717) is 11.3 Å². The van der Waals surface area contributed by atoms with Crippen molar-refractivity contribution in [2.75, 3.05) is 11.1 Å². The molecule has 30 heavy (non-hydrogen) atoms. The van der Waals surface area contributed by atoms with E-state index in [2.05, 4.69) is 10.3 Å². The Kier molecular flexibility index (Phi) is 6.73. The van der Waals surface area contributed by atoms with Gasteiger partial charge in [-0.3, -0.25) is 9.59 Å². The Morgan fingerprint density at radius 1 is 0.967 bits per heavy atom. The Labute approximate surface area is 174 Å². The van der Waals surface area contributed by atoms with Gasteiger partial charge in [-0.15, -0.1) is 0 Å². The Hall–Kier alpha value is -3.33. The van der Waals surface area contributed by atoms with Gasteiger partial charge in [0, 0.05) is 17.4 Å². The van der Waals surface area contributed by atoms with Crippen LogP contribution in [0.25, 0.3) is 0 Å². The van der Waals surface area contributed by atoms with Crippen LogP contribution >= 0.6 is 11.8 Å². The predicted octanol–water partition coefficient (Wildman–Crippen LogP) is 5.05. The normalized spacial score (nSPS) is 11.0. The van der Waals surface area contributed by atoms with Crippen LogP contribution < -0.4 is 10.1 Å². The van der Waals surface area contributed by atoms with Gasteiger partial charge in [0.25, 0.3) is 5.91 Å². The molecule has 0 saturated heterocycles. The number of hydrogen-bond acceptors (Lipinski definition) is 5. The number of rotatable bonds is 6. The summed E-state index contributed by atoms with van der Waals surface area (Å²) in [5, 5.41) is 3.01. The monoisotopic (exact) mass is 432 g/mol. The fraction of sp³-hybridized carbons (Fsp3) is 0.0952. The number of esters is 1. The predicted molar refractivity (Wildman–Crippen MR) is 106 cm³/mol. The van der Waals surface area contributed by atoms with E-state index in [0.717, 1.165) is 24.0 Å². The van der Waals surface area contributed by atoms with Crippen LogP contribution in [0.2, 0.25) is 0 Å². The zero-order valence-corrected chi connectivity index (χ0v) is 16.2. The van der Waals surface area contributed by atoms with Crippen LogP contribution in [0.1, 0.15) is 15.9 Å². The van der Waals surface area contributed by atoms with Gasteiger partial charge >= 0.3 is 12.1 Å². The van der Waals surface area contributed by atoms with Crippen LogP contribution in [-0.4, -0.2) is 22.6 Å². The smallest absolute Gasteiger partial charge is 0.417 e. The number of thioether (sulfide) groups is 1. The molecule has 0 bridgehead atoms. The number of alkyl halides is 3. The number of nitrogens with zero attached hydrogens (tertiary/aromatic N) is 1. The second kappa shape index (κ2) is 9.45. The average Bonchev–Trinajstić information content (AvgIpc) is 2.74. The van der Waals surface area contributed by atoms with Crippen molar-refractivity contribution in [1.29, 1.82) is 0 Å². The number of halogens is 3. The number of pyridine rings is 1. The molecule has 1 amide bonds. The van der Waals surface area contributed by atoms with Crippen LogP contribution in [0.4, 0.5) is 18.9 Å². The van der Waals surface area contributed by atoms with Gasteiger partial charge in [-0.1, -0.05) is 30.0 Å². The van der Waals surface area contributed by atoms with E-state index in [9.17, 15) is 22.8 Å². The summed E-state index contributed by atoms with van der Waals surface area (Å²) in [5.74, 6) is -0.688. The van der Waals surface area contributed by atoms with Gasteiger partial charge in [-0.05, 0) is 48.5 Å². The van der Waals surface area contributed by atoms with Crippen LogP contribution in [-0.2, 0) is 11.0 Å². The first-order valence-electron chi connectivity index (χ1n) is 8.64. The fourth-order valence-electron chi connectivity index (χ4n) is 2.33. The van der Waals surface area contributed by atoms with Crippen LogP contribution in [0.3, 0.4) is 0 Å². The molecule has 0 atom stereocenters. The van der Waals surface area contributed by atoms with E-state index in [1.54, 1.807) is 36.4 Å². The van der Waals surface area contributed by atoms with E-state index in [1.807, 2.05) is 6.07 Å². The van der Waals surface area contributed by atoms with Crippen molar-refractivity contribution >= 4 is 29.3 Å². The molecule has 0 spiro atoms. The fourth-order valence-corrected chi connectivity index (χ4v) is 2.94. The van der Waals surface area contributed by atoms with Crippen molar-refractivity contribution in [2.24, 2.45) is 0 Å². The molecule has 1 heterocycles. The molecule has 1 N–H and O–H groups in total. The van der Waals surface area contributed by atoms with Crippen LogP contribution in [0, 0.1) is 0 Å². The van der Waals surface area contributed by atoms with Crippen molar-refractivity contribution in [1.82, 2.24) is 4.98 Å². The number of nitrogens with one attached hydrogen (secondary N) is 1. The lowest BCUT2D eigenvalue weighted by molar-refractivity contribution is -0.138. The van der Waals surface area contributed by atoms with E-state index >= 15 is 0 Å². The van der Waals surface area contributed by atoms with Crippen molar-refractivity contribution < 1.29 is 27.5 Å². The molecule has 0 aliphatic carbocycles. The number of aromatic nitrogens is 1. The summed E-state index contributed by atoms with van der Waals surface area (Å²) in [6.45, 7) is 0. The Morgan fingerprint density at radius 2 is 1.67 bits per heavy atom. The molecule has 0 fully saturated rings. The van der Waals surface area contributed by atoms with Gasteiger partial charge in [0.05, 0.1) is 16.3 Å². The molecule has 0 aliphatic rings. The Balaban J connectivity index is 1.49. The first-order valence-corrected chi connectivity index (χ1v) is 9.63. The van der Waals surface area contributed by atoms with Crippen molar-refractivity contribution in [3.05, 3.63) is 84.1 Å². The molecule has 0 aliphatic heterocycles. The zero-order chi connectivity index (χ0) is 21.6. The Bertz CT molecular complexity index is 1010. The highest BCUT2D eigenvalue weighted by Crippen LogP contribution is 2.29. The quantitative estimate of drug-likeness (QED) is 0.335. The van der Waals surface area contributed by atoms with Gasteiger partial charge in [-0.2, -0.15) is 13.2 Å². The zero-order valence-electron chi connectivity index (χ0n) is 15.3. The molecule has 0 radical (unpaired) electrons. The lowest BCUT2D eigenvalue weighted by Gasteiger charge is -2.08. The number of amides is 1. The largest absolute Gasteiger partial charge is 0.426 e. The lowest BCUT2D eigenvalue weighted by Crippen LogP contribution is -2.12. The topological polar surface area (TPSA) is 68.3 Å². The summed E-state index contributed by atoms with van der Waals surface area (Å²) in [6, 6.07) is 17.1. The maximum absolute atomic E-state index is 12.5. The van der Waals surface area contributed by atoms with E-state index < -0.39 is 17.7 Å². The number of carbonyl (C=O) groups excluding carboxylic acids is 2. The number of benzene rings is 2. The van der Waals surface area contributed by atoms with Crippen LogP contribution in [0.15, 0.2) is 78.0 Å². The minimum Gasteiger partial charge on any atom is -0.426 e. The Morgan fingerprint density at radius 3 is 2.27 bits per heavy atom. The molecular weight excluding hydrogens is 417 g/mol. The first-order chi connectivity index (χ1) is 14.3. The summed E-state index contributed by atoms with van der Waals surface area (Å²) in [6.07, 6.45) is -3.74. The van der Waals surface area contributed by atoms with E-state index in [1.165, 1.54) is 18.2 Å². The number of hydrogen-bond donors (Lipinski definition) is 1.